The van der Waals surface area contributed by atoms with Crippen molar-refractivity contribution in [3.05, 3.63) is 108 Å². The minimum atomic E-state index is -1.85. The molecule has 6 rings (SSSR count). The molecule has 15 heteroatoms. The first-order valence-corrected chi connectivity index (χ1v) is 20.1. The summed E-state index contributed by atoms with van der Waals surface area (Å²) >= 11 is 9.24. The number of aromatic nitrogens is 1. The fourth-order valence-corrected chi connectivity index (χ4v) is 8.99. The van der Waals surface area contributed by atoms with E-state index in [0.29, 0.717) is 63.1 Å². The number of benzene rings is 2. The van der Waals surface area contributed by atoms with Gasteiger partial charge in [0.2, 0.25) is 17.1 Å². The van der Waals surface area contributed by atoms with Gasteiger partial charge in [0.1, 0.15) is 17.1 Å². The SMILES string of the molecule is COc1cc(NC(=O)CCN(C)[C@H]2CC[C@](C)(OC(=O)C(O)(c3cccs3)c3cccs3)CC2)c(Cl)cc1CNC[C@H](O)c1ccc(O)c2[nH]c(=O)ccc12. The van der Waals surface area contributed by atoms with Crippen LogP contribution in [0.4, 0.5) is 5.69 Å². The Kier molecular flexibility index (Phi) is 12.7. The summed E-state index contributed by atoms with van der Waals surface area (Å²) in [5, 5.41) is 43.4. The average molecular weight is 809 g/mol. The summed E-state index contributed by atoms with van der Waals surface area (Å²) in [6.07, 6.45) is 2.06. The van der Waals surface area contributed by atoms with Gasteiger partial charge in [0.15, 0.2) is 0 Å². The van der Waals surface area contributed by atoms with Crippen molar-refractivity contribution in [3.63, 3.8) is 0 Å². The highest BCUT2D eigenvalue weighted by molar-refractivity contribution is 7.12. The van der Waals surface area contributed by atoms with E-state index in [-0.39, 0.29) is 41.7 Å². The number of aromatic amines is 1. The molecule has 5 aromatic rings. The zero-order valence-electron chi connectivity index (χ0n) is 30.8. The first kappa shape index (κ1) is 40.4. The lowest BCUT2D eigenvalue weighted by molar-refractivity contribution is -0.180. The highest BCUT2D eigenvalue weighted by Gasteiger charge is 2.47. The molecule has 2 aromatic carbocycles. The number of carbonyl (C=O) groups is 2. The third-order valence-electron chi connectivity index (χ3n) is 10.3. The lowest BCUT2D eigenvalue weighted by Crippen LogP contribution is -2.47. The molecule has 292 valence electrons. The number of amides is 1. The molecule has 12 nitrogen and oxygen atoms in total. The van der Waals surface area contributed by atoms with Gasteiger partial charge in [-0.05, 0) is 86.3 Å². The van der Waals surface area contributed by atoms with E-state index in [1.165, 1.54) is 41.9 Å². The predicted octanol–water partition coefficient (Wildman–Crippen LogP) is 6.28. The molecule has 1 fully saturated rings. The number of anilines is 1. The highest BCUT2D eigenvalue weighted by Crippen LogP contribution is 2.41. The van der Waals surface area contributed by atoms with Crippen molar-refractivity contribution < 1.29 is 34.4 Å². The van der Waals surface area contributed by atoms with E-state index in [4.69, 9.17) is 21.1 Å². The number of phenols is 1. The van der Waals surface area contributed by atoms with E-state index in [1.807, 2.05) is 24.7 Å². The molecular weight excluding hydrogens is 764 g/mol. The molecular formula is C40H45ClN4O8S2. The van der Waals surface area contributed by atoms with Crippen molar-refractivity contribution in [1.82, 2.24) is 15.2 Å². The molecule has 0 aliphatic heterocycles. The molecule has 1 saturated carbocycles. The smallest absolute Gasteiger partial charge is 0.349 e. The van der Waals surface area contributed by atoms with Crippen LogP contribution in [0.25, 0.3) is 10.9 Å². The molecule has 1 amide bonds. The zero-order chi connectivity index (χ0) is 39.3. The molecule has 0 radical (unpaired) electrons. The van der Waals surface area contributed by atoms with Crippen LogP contribution in [0.2, 0.25) is 5.02 Å². The molecule has 6 N–H and O–H groups in total. The number of ether oxygens (including phenoxy) is 2. The maximum atomic E-state index is 13.6. The number of esters is 1. The Labute approximate surface area is 331 Å². The van der Waals surface area contributed by atoms with Crippen LogP contribution in [-0.2, 0) is 26.5 Å². The Bertz CT molecular complexity index is 2130. The summed E-state index contributed by atoms with van der Waals surface area (Å²) < 4.78 is 11.7. The molecule has 1 atom stereocenters. The third kappa shape index (κ3) is 9.07. The van der Waals surface area contributed by atoms with E-state index in [2.05, 4.69) is 20.5 Å². The summed E-state index contributed by atoms with van der Waals surface area (Å²) in [5.74, 6) is -0.452. The number of aliphatic hydroxyl groups is 2. The Hall–Kier alpha value is -4.28. The molecule has 3 heterocycles. The van der Waals surface area contributed by atoms with Crippen molar-refractivity contribution in [2.24, 2.45) is 0 Å². The van der Waals surface area contributed by atoms with Gasteiger partial charge in [0.05, 0.1) is 39.2 Å². The normalized spacial score (nSPS) is 18.0. The van der Waals surface area contributed by atoms with Gasteiger partial charge in [-0.1, -0.05) is 29.8 Å². The molecule has 1 aliphatic rings. The second-order valence-corrected chi connectivity index (χ2v) is 16.4. The molecule has 0 unspecified atom stereocenters. The number of aromatic hydroxyl groups is 1. The van der Waals surface area contributed by atoms with Gasteiger partial charge < -0.3 is 45.3 Å². The second kappa shape index (κ2) is 17.2. The number of pyridine rings is 1. The predicted molar refractivity (Wildman–Crippen MR) is 215 cm³/mol. The Morgan fingerprint density at radius 3 is 2.42 bits per heavy atom. The minimum Gasteiger partial charge on any atom is -0.506 e. The van der Waals surface area contributed by atoms with Gasteiger partial charge in [-0.25, -0.2) is 4.79 Å². The number of fused-ring (bicyclic) bond motifs is 1. The summed E-state index contributed by atoms with van der Waals surface area (Å²) in [5.41, 5.74) is -0.997. The number of nitrogens with zero attached hydrogens (tertiary/aromatic N) is 1. The number of phenolic OH excluding ortho intramolecular Hbond substituents is 1. The largest absolute Gasteiger partial charge is 0.506 e. The Morgan fingerprint density at radius 2 is 1.78 bits per heavy atom. The van der Waals surface area contributed by atoms with E-state index in [9.17, 15) is 29.7 Å². The van der Waals surface area contributed by atoms with Gasteiger partial charge in [-0.15, -0.1) is 22.7 Å². The maximum Gasteiger partial charge on any atom is 0.349 e. The number of carbonyl (C=O) groups excluding carboxylic acids is 2. The van der Waals surface area contributed by atoms with Crippen molar-refractivity contribution in [2.45, 2.75) is 68.9 Å². The number of hydrogen-bond acceptors (Lipinski definition) is 12. The van der Waals surface area contributed by atoms with Crippen molar-refractivity contribution >= 4 is 62.7 Å². The number of nitrogens with one attached hydrogen (secondary N) is 3. The Balaban J connectivity index is 0.980. The number of hydrogen-bond donors (Lipinski definition) is 6. The molecule has 1 aliphatic carbocycles. The van der Waals surface area contributed by atoms with Crippen molar-refractivity contribution in [3.8, 4) is 11.5 Å². The van der Waals surface area contributed by atoms with E-state index in [0.717, 1.165) is 18.4 Å². The van der Waals surface area contributed by atoms with Gasteiger partial charge >= 0.3 is 5.97 Å². The topological polar surface area (TPSA) is 173 Å². The highest BCUT2D eigenvalue weighted by atomic mass is 35.5. The number of aliphatic hydroxyl groups excluding tert-OH is 1. The van der Waals surface area contributed by atoms with Crippen LogP contribution in [0.3, 0.4) is 0 Å². The average Bonchev–Trinajstić information content (AvgIpc) is 3.92. The molecule has 0 spiro atoms. The van der Waals surface area contributed by atoms with Crippen molar-refractivity contribution in [2.75, 3.05) is 32.6 Å². The third-order valence-corrected chi connectivity index (χ3v) is 12.6. The monoisotopic (exact) mass is 808 g/mol. The van der Waals surface area contributed by atoms with Crippen LogP contribution >= 0.6 is 34.3 Å². The fourth-order valence-electron chi connectivity index (χ4n) is 7.04. The van der Waals surface area contributed by atoms with E-state index >= 15 is 0 Å². The van der Waals surface area contributed by atoms with Crippen LogP contribution in [0, 0.1) is 0 Å². The number of rotatable bonds is 15. The number of halogens is 1. The minimum absolute atomic E-state index is 0.0834. The van der Waals surface area contributed by atoms with Gasteiger partial charge in [-0.2, -0.15) is 0 Å². The fraction of sp³-hybridized carbons (Fsp3) is 0.375. The quantitative estimate of drug-likeness (QED) is 0.0661. The van der Waals surface area contributed by atoms with E-state index < -0.39 is 23.3 Å². The van der Waals surface area contributed by atoms with Gasteiger partial charge in [-0.3, -0.25) is 9.59 Å². The van der Waals surface area contributed by atoms with Crippen LogP contribution in [0.15, 0.2) is 76.2 Å². The number of thiophene rings is 2. The van der Waals surface area contributed by atoms with Crippen LogP contribution in [0.1, 0.15) is 66.0 Å². The standard InChI is InChI=1S/C40H45ClN4O8S2/c1-39(53-38(50)40(51,33-6-4-18-54-33)34-7-5-19-55-34)15-12-25(13-16-39)45(2)17-14-36(49)43-29-21-32(52-3)24(20-28(29)41)22-42-23-31(47)26-8-10-30(46)37-27(26)9-11-35(48)44-37/h4-11,18-21,25,31,42,46-47,51H,12-17,22-23H2,1-3H3,(H,43,49)(H,44,48)/t25-,31-,39-/m0/s1. The summed E-state index contributed by atoms with van der Waals surface area (Å²) in [6.45, 7) is 2.89. The second-order valence-electron chi connectivity index (χ2n) is 14.1. The van der Waals surface area contributed by atoms with Gasteiger partial charge in [0, 0.05) is 55.2 Å². The van der Waals surface area contributed by atoms with E-state index in [1.54, 1.807) is 48.5 Å². The lowest BCUT2D eigenvalue weighted by Gasteiger charge is -2.41. The molecule has 0 bridgehead atoms. The first-order chi connectivity index (χ1) is 26.3. The number of methoxy groups -OCH3 is 1. The van der Waals surface area contributed by atoms with Gasteiger partial charge in [0.25, 0.3) is 0 Å². The molecule has 3 aromatic heterocycles. The van der Waals surface area contributed by atoms with Crippen LogP contribution < -0.4 is 20.9 Å². The number of H-pyrrole nitrogens is 1. The lowest BCUT2D eigenvalue weighted by atomic mass is 9.82. The summed E-state index contributed by atoms with van der Waals surface area (Å²) in [7, 11) is 3.51. The molecule has 0 saturated heterocycles. The van der Waals surface area contributed by atoms with Crippen molar-refractivity contribution in [1.29, 1.82) is 0 Å². The van der Waals surface area contributed by atoms with Crippen LogP contribution in [0.5, 0.6) is 11.5 Å². The van der Waals surface area contributed by atoms with Crippen LogP contribution in [-0.4, -0.2) is 76.0 Å². The maximum absolute atomic E-state index is 13.6. The Morgan fingerprint density at radius 1 is 1.09 bits per heavy atom. The summed E-state index contributed by atoms with van der Waals surface area (Å²) in [6, 6.07) is 16.6. The zero-order valence-corrected chi connectivity index (χ0v) is 33.2. The summed E-state index contributed by atoms with van der Waals surface area (Å²) in [4.78, 5) is 44.2. The molecule has 55 heavy (non-hydrogen) atoms. The first-order valence-electron chi connectivity index (χ1n) is 18.0.